The Kier molecular flexibility index (Phi) is 2.27. The quantitative estimate of drug-likeness (QED) is 0.461. The summed E-state index contributed by atoms with van der Waals surface area (Å²) >= 11 is 0. The van der Waals surface area contributed by atoms with E-state index in [0.29, 0.717) is 11.1 Å². The van der Waals surface area contributed by atoms with Crippen molar-refractivity contribution in [3.63, 3.8) is 0 Å². The van der Waals surface area contributed by atoms with Crippen molar-refractivity contribution in [2.75, 3.05) is 7.05 Å². The van der Waals surface area contributed by atoms with E-state index in [2.05, 4.69) is 0 Å². The van der Waals surface area contributed by atoms with Crippen molar-refractivity contribution >= 4 is 27.2 Å². The van der Waals surface area contributed by atoms with E-state index in [1.54, 1.807) is 7.05 Å². The highest BCUT2D eigenvalue weighted by Gasteiger charge is 2.36. The van der Waals surface area contributed by atoms with Crippen molar-refractivity contribution in [2.45, 2.75) is 20.8 Å². The SMILES string of the molecule is Cc1c(C)c2c(c(C)c1[SiH3])C(=O)N(C)C2=O. The summed E-state index contributed by atoms with van der Waals surface area (Å²) in [5, 5.41) is 1.24. The second-order valence-corrected chi connectivity index (χ2v) is 5.42. The van der Waals surface area contributed by atoms with E-state index in [1.807, 2.05) is 20.8 Å². The van der Waals surface area contributed by atoms with Gasteiger partial charge < -0.3 is 0 Å². The lowest BCUT2D eigenvalue weighted by molar-refractivity contribution is 0.0693. The minimum Gasteiger partial charge on any atom is -0.277 e. The monoisotopic (exact) mass is 233 g/mol. The van der Waals surface area contributed by atoms with Crippen LogP contribution >= 0.6 is 0 Å². The molecule has 1 aromatic rings. The highest BCUT2D eigenvalue weighted by Crippen LogP contribution is 2.28. The minimum atomic E-state index is -0.162. The predicted molar refractivity (Wildman–Crippen MR) is 66.7 cm³/mol. The Bertz CT molecular complexity index is 488. The maximum absolute atomic E-state index is 12.0. The second-order valence-electron chi connectivity index (χ2n) is 4.42. The van der Waals surface area contributed by atoms with Crippen LogP contribution in [0.4, 0.5) is 0 Å². The Labute approximate surface area is 97.9 Å². The van der Waals surface area contributed by atoms with E-state index in [-0.39, 0.29) is 11.8 Å². The average Bonchev–Trinajstić information content (AvgIpc) is 2.48. The molecule has 1 heterocycles. The Balaban J connectivity index is 2.91. The molecule has 2 rings (SSSR count). The molecular weight excluding hydrogens is 218 g/mol. The van der Waals surface area contributed by atoms with Crippen LogP contribution in [0, 0.1) is 20.8 Å². The number of hydrogen-bond donors (Lipinski definition) is 0. The summed E-state index contributed by atoms with van der Waals surface area (Å²) < 4.78 is 0. The van der Waals surface area contributed by atoms with Gasteiger partial charge in [0.15, 0.2) is 0 Å². The lowest BCUT2D eigenvalue weighted by Gasteiger charge is -2.12. The summed E-state index contributed by atoms with van der Waals surface area (Å²) in [5.74, 6) is -0.317. The molecule has 0 unspecified atom stereocenters. The molecule has 0 saturated carbocycles. The molecule has 84 valence electrons. The second kappa shape index (κ2) is 3.28. The number of imide groups is 1. The van der Waals surface area contributed by atoms with Crippen molar-refractivity contribution in [1.29, 1.82) is 0 Å². The van der Waals surface area contributed by atoms with E-state index < -0.39 is 0 Å². The van der Waals surface area contributed by atoms with Crippen molar-refractivity contribution in [3.8, 4) is 0 Å². The van der Waals surface area contributed by atoms with E-state index in [4.69, 9.17) is 0 Å². The molecule has 0 atom stereocenters. The molecule has 1 aromatic carbocycles. The van der Waals surface area contributed by atoms with Crippen LogP contribution in [0.25, 0.3) is 0 Å². The molecule has 0 aromatic heterocycles. The first-order chi connectivity index (χ1) is 7.37. The maximum atomic E-state index is 12.0. The van der Waals surface area contributed by atoms with Gasteiger partial charge in [-0.3, -0.25) is 14.5 Å². The maximum Gasteiger partial charge on any atom is 0.261 e. The van der Waals surface area contributed by atoms with E-state index in [0.717, 1.165) is 21.4 Å². The highest BCUT2D eigenvalue weighted by atomic mass is 28.1. The van der Waals surface area contributed by atoms with Gasteiger partial charge in [0.1, 0.15) is 0 Å². The summed E-state index contributed by atoms with van der Waals surface area (Å²) in [6.07, 6.45) is 0. The molecule has 0 N–H and O–H groups in total. The molecule has 0 fully saturated rings. The van der Waals surface area contributed by atoms with Gasteiger partial charge in [0.05, 0.1) is 11.1 Å². The number of carbonyl (C=O) groups is 2. The molecule has 16 heavy (non-hydrogen) atoms. The van der Waals surface area contributed by atoms with Crippen LogP contribution in [0.2, 0.25) is 0 Å². The Morgan fingerprint density at radius 1 is 0.875 bits per heavy atom. The zero-order valence-electron chi connectivity index (χ0n) is 10.3. The van der Waals surface area contributed by atoms with E-state index in [1.165, 1.54) is 15.7 Å². The molecule has 4 heteroatoms. The first kappa shape index (κ1) is 11.1. The lowest BCUT2D eigenvalue weighted by atomic mass is 9.94. The van der Waals surface area contributed by atoms with Gasteiger partial charge in [0.2, 0.25) is 0 Å². The summed E-state index contributed by atoms with van der Waals surface area (Å²) in [6, 6.07) is 0. The molecule has 0 bridgehead atoms. The number of carbonyl (C=O) groups excluding carboxylic acids is 2. The normalized spacial score (nSPS) is 14.9. The molecule has 0 spiro atoms. The molecule has 0 radical (unpaired) electrons. The third-order valence-corrected chi connectivity index (χ3v) is 5.22. The zero-order chi connectivity index (χ0) is 12.2. The first-order valence-electron chi connectivity index (χ1n) is 5.30. The number of nitrogens with zero attached hydrogens (tertiary/aromatic N) is 1. The molecule has 2 amide bonds. The van der Waals surface area contributed by atoms with Gasteiger partial charge in [0, 0.05) is 17.3 Å². The van der Waals surface area contributed by atoms with Gasteiger partial charge in [-0.1, -0.05) is 5.19 Å². The number of fused-ring (bicyclic) bond motifs is 1. The summed E-state index contributed by atoms with van der Waals surface area (Å²) in [5.41, 5.74) is 4.36. The fourth-order valence-corrected chi connectivity index (χ4v) is 2.90. The predicted octanol–water partition coefficient (Wildman–Crippen LogP) is -0.172. The number of hydrogen-bond acceptors (Lipinski definition) is 2. The minimum absolute atomic E-state index is 0.155. The Hall–Kier alpha value is -1.42. The number of amides is 2. The van der Waals surface area contributed by atoms with Crippen LogP contribution in [0.15, 0.2) is 0 Å². The average molecular weight is 233 g/mol. The van der Waals surface area contributed by atoms with Crippen LogP contribution in [0.1, 0.15) is 37.4 Å². The van der Waals surface area contributed by atoms with Crippen LogP contribution in [-0.2, 0) is 0 Å². The molecule has 3 nitrogen and oxygen atoms in total. The topological polar surface area (TPSA) is 37.4 Å². The Morgan fingerprint density at radius 2 is 1.31 bits per heavy atom. The fraction of sp³-hybridized carbons (Fsp3) is 0.333. The summed E-state index contributed by atoms with van der Waals surface area (Å²) in [7, 11) is 2.45. The standard InChI is InChI=1S/C12H15NO2Si/c1-5-6(2)10(16)7(3)9-8(5)11(14)13(4)12(9)15/h1-4,16H3. The highest BCUT2D eigenvalue weighted by molar-refractivity contribution is 6.36. The van der Waals surface area contributed by atoms with Crippen molar-refractivity contribution in [1.82, 2.24) is 4.90 Å². The van der Waals surface area contributed by atoms with Gasteiger partial charge in [0.25, 0.3) is 11.8 Å². The summed E-state index contributed by atoms with van der Waals surface area (Å²) in [6.45, 7) is 5.90. The van der Waals surface area contributed by atoms with Gasteiger partial charge in [-0.2, -0.15) is 0 Å². The van der Waals surface area contributed by atoms with Crippen molar-refractivity contribution in [3.05, 3.63) is 27.8 Å². The summed E-state index contributed by atoms with van der Waals surface area (Å²) in [4.78, 5) is 25.1. The van der Waals surface area contributed by atoms with Gasteiger partial charge in [-0.05, 0) is 37.5 Å². The fourth-order valence-electron chi connectivity index (χ4n) is 2.27. The largest absolute Gasteiger partial charge is 0.277 e. The first-order valence-corrected chi connectivity index (χ1v) is 6.30. The third kappa shape index (κ3) is 1.13. The molecule has 0 aliphatic carbocycles. The Morgan fingerprint density at radius 3 is 1.81 bits per heavy atom. The lowest BCUT2D eigenvalue weighted by Crippen LogP contribution is -2.24. The van der Waals surface area contributed by atoms with Gasteiger partial charge >= 0.3 is 0 Å². The van der Waals surface area contributed by atoms with E-state index in [9.17, 15) is 9.59 Å². The van der Waals surface area contributed by atoms with Crippen molar-refractivity contribution in [2.24, 2.45) is 0 Å². The zero-order valence-corrected chi connectivity index (χ0v) is 12.3. The number of rotatable bonds is 0. The van der Waals surface area contributed by atoms with E-state index >= 15 is 0 Å². The molecule has 1 aliphatic rings. The molecular formula is C12H15NO2Si. The molecule has 0 saturated heterocycles. The number of benzene rings is 1. The third-order valence-electron chi connectivity index (χ3n) is 3.72. The van der Waals surface area contributed by atoms with Gasteiger partial charge in [-0.15, -0.1) is 0 Å². The van der Waals surface area contributed by atoms with Crippen LogP contribution in [0.5, 0.6) is 0 Å². The molecule has 1 aliphatic heterocycles. The van der Waals surface area contributed by atoms with Crippen molar-refractivity contribution < 1.29 is 9.59 Å². The van der Waals surface area contributed by atoms with Crippen LogP contribution < -0.4 is 5.19 Å². The van der Waals surface area contributed by atoms with Crippen LogP contribution in [0.3, 0.4) is 0 Å². The van der Waals surface area contributed by atoms with Gasteiger partial charge in [-0.25, -0.2) is 0 Å². The van der Waals surface area contributed by atoms with Crippen LogP contribution in [-0.4, -0.2) is 34.0 Å². The smallest absolute Gasteiger partial charge is 0.261 e.